The van der Waals surface area contributed by atoms with E-state index in [1.807, 2.05) is 25.5 Å². The van der Waals surface area contributed by atoms with E-state index in [9.17, 15) is 4.39 Å². The lowest BCUT2D eigenvalue weighted by Gasteiger charge is -2.17. The highest BCUT2D eigenvalue weighted by atomic mass is 19.1. The first-order chi connectivity index (χ1) is 7.87. The zero-order valence-electron chi connectivity index (χ0n) is 10.5. The van der Waals surface area contributed by atoms with Crippen LogP contribution < -0.4 is 5.73 Å². The third-order valence-corrected chi connectivity index (χ3v) is 2.93. The number of imidazole rings is 1. The van der Waals surface area contributed by atoms with Crippen LogP contribution in [0.4, 0.5) is 4.39 Å². The molecule has 0 saturated heterocycles. The van der Waals surface area contributed by atoms with Gasteiger partial charge in [-0.3, -0.25) is 0 Å². The zero-order chi connectivity index (χ0) is 12.6. The summed E-state index contributed by atoms with van der Waals surface area (Å²) in [5.41, 5.74) is 7.41. The van der Waals surface area contributed by atoms with Gasteiger partial charge in [-0.1, -0.05) is 0 Å². The summed E-state index contributed by atoms with van der Waals surface area (Å²) in [4.78, 5) is 4.44. The minimum atomic E-state index is -0.249. The lowest BCUT2D eigenvalue weighted by atomic mass is 10.00. The second kappa shape index (κ2) is 4.11. The first kappa shape index (κ1) is 12.0. The highest BCUT2D eigenvalue weighted by Crippen LogP contribution is 2.18. The SMILES string of the molecule is Cn1c(CCC(C)(C)N)nc2cc(F)ccc21. The summed E-state index contributed by atoms with van der Waals surface area (Å²) >= 11 is 0. The van der Waals surface area contributed by atoms with E-state index in [0.717, 1.165) is 24.2 Å². The molecule has 2 aromatic rings. The Bertz CT molecular complexity index is 537. The fourth-order valence-corrected chi connectivity index (χ4v) is 1.88. The largest absolute Gasteiger partial charge is 0.331 e. The van der Waals surface area contributed by atoms with Crippen LogP contribution in [0.5, 0.6) is 0 Å². The Morgan fingerprint density at radius 2 is 2.12 bits per heavy atom. The Morgan fingerprint density at radius 3 is 2.76 bits per heavy atom. The van der Waals surface area contributed by atoms with E-state index < -0.39 is 0 Å². The summed E-state index contributed by atoms with van der Waals surface area (Å²) in [5, 5.41) is 0. The van der Waals surface area contributed by atoms with E-state index in [-0.39, 0.29) is 11.4 Å². The lowest BCUT2D eigenvalue weighted by molar-refractivity contribution is 0.468. The second-order valence-corrected chi connectivity index (χ2v) is 5.21. The van der Waals surface area contributed by atoms with E-state index in [1.54, 1.807) is 6.07 Å². The van der Waals surface area contributed by atoms with Crippen molar-refractivity contribution in [3.05, 3.63) is 29.8 Å². The van der Waals surface area contributed by atoms with Gasteiger partial charge in [0.15, 0.2) is 0 Å². The summed E-state index contributed by atoms with van der Waals surface area (Å²) in [6.45, 7) is 3.99. The van der Waals surface area contributed by atoms with Gasteiger partial charge < -0.3 is 10.3 Å². The minimum Gasteiger partial charge on any atom is -0.331 e. The van der Waals surface area contributed by atoms with Crippen molar-refractivity contribution < 1.29 is 4.39 Å². The maximum absolute atomic E-state index is 13.1. The van der Waals surface area contributed by atoms with Crippen molar-refractivity contribution in [3.63, 3.8) is 0 Å². The quantitative estimate of drug-likeness (QED) is 0.887. The molecule has 0 amide bonds. The molecule has 0 atom stereocenters. The third-order valence-electron chi connectivity index (χ3n) is 2.93. The van der Waals surface area contributed by atoms with Crippen LogP contribution in [0.2, 0.25) is 0 Å². The number of fused-ring (bicyclic) bond motifs is 1. The molecule has 0 aliphatic heterocycles. The normalized spacial score (nSPS) is 12.3. The molecule has 1 heterocycles. The summed E-state index contributed by atoms with van der Waals surface area (Å²) in [7, 11) is 1.95. The molecule has 92 valence electrons. The minimum absolute atomic E-state index is 0.205. The Morgan fingerprint density at radius 1 is 1.41 bits per heavy atom. The summed E-state index contributed by atoms with van der Waals surface area (Å²) in [5.74, 6) is 0.699. The molecule has 0 aliphatic carbocycles. The molecular weight excluding hydrogens is 217 g/mol. The molecule has 0 radical (unpaired) electrons. The summed E-state index contributed by atoms with van der Waals surface area (Å²) < 4.78 is 15.1. The average Bonchev–Trinajstić information content (AvgIpc) is 2.51. The molecule has 1 aromatic heterocycles. The van der Waals surface area contributed by atoms with Crippen LogP contribution in [0.1, 0.15) is 26.1 Å². The number of aryl methyl sites for hydroxylation is 2. The van der Waals surface area contributed by atoms with Gasteiger partial charge in [-0.05, 0) is 32.4 Å². The monoisotopic (exact) mass is 235 g/mol. The number of aromatic nitrogens is 2. The van der Waals surface area contributed by atoms with Crippen molar-refractivity contribution in [3.8, 4) is 0 Å². The van der Waals surface area contributed by atoms with Crippen molar-refractivity contribution in [1.82, 2.24) is 9.55 Å². The highest BCUT2D eigenvalue weighted by Gasteiger charge is 2.14. The van der Waals surface area contributed by atoms with Crippen LogP contribution in [0.25, 0.3) is 11.0 Å². The van der Waals surface area contributed by atoms with Crippen molar-refractivity contribution in [2.75, 3.05) is 0 Å². The van der Waals surface area contributed by atoms with Crippen LogP contribution in [-0.2, 0) is 13.5 Å². The number of nitrogens with zero attached hydrogens (tertiary/aromatic N) is 2. The number of benzene rings is 1. The molecule has 0 saturated carbocycles. The number of nitrogens with two attached hydrogens (primary N) is 1. The van der Waals surface area contributed by atoms with Crippen LogP contribution in [0.3, 0.4) is 0 Å². The van der Waals surface area contributed by atoms with Crippen LogP contribution in [-0.4, -0.2) is 15.1 Å². The first-order valence-corrected chi connectivity index (χ1v) is 5.76. The van der Waals surface area contributed by atoms with Gasteiger partial charge in [0.1, 0.15) is 11.6 Å². The highest BCUT2D eigenvalue weighted by molar-refractivity contribution is 5.75. The molecular formula is C13H18FN3. The van der Waals surface area contributed by atoms with E-state index in [4.69, 9.17) is 5.73 Å². The predicted molar refractivity (Wildman–Crippen MR) is 67.3 cm³/mol. The van der Waals surface area contributed by atoms with Gasteiger partial charge in [0.2, 0.25) is 0 Å². The summed E-state index contributed by atoms with van der Waals surface area (Å²) in [6.07, 6.45) is 1.66. The molecule has 0 bridgehead atoms. The molecule has 17 heavy (non-hydrogen) atoms. The maximum atomic E-state index is 13.1. The van der Waals surface area contributed by atoms with Gasteiger partial charge in [-0.2, -0.15) is 0 Å². The number of halogens is 1. The average molecular weight is 235 g/mol. The van der Waals surface area contributed by atoms with Crippen LogP contribution in [0.15, 0.2) is 18.2 Å². The summed E-state index contributed by atoms with van der Waals surface area (Å²) in [6, 6.07) is 4.68. The molecule has 0 spiro atoms. The number of hydrogen-bond acceptors (Lipinski definition) is 2. The molecule has 0 fully saturated rings. The third kappa shape index (κ3) is 2.64. The van der Waals surface area contributed by atoms with Gasteiger partial charge in [0.05, 0.1) is 11.0 Å². The Hall–Kier alpha value is -1.42. The van der Waals surface area contributed by atoms with Crippen LogP contribution in [0, 0.1) is 5.82 Å². The van der Waals surface area contributed by atoms with Gasteiger partial charge in [-0.15, -0.1) is 0 Å². The molecule has 2 N–H and O–H groups in total. The zero-order valence-corrected chi connectivity index (χ0v) is 10.5. The smallest absolute Gasteiger partial charge is 0.125 e. The number of hydrogen-bond donors (Lipinski definition) is 1. The topological polar surface area (TPSA) is 43.8 Å². The molecule has 2 rings (SSSR count). The van der Waals surface area contributed by atoms with Crippen molar-refractivity contribution in [2.45, 2.75) is 32.2 Å². The van der Waals surface area contributed by atoms with Crippen molar-refractivity contribution >= 4 is 11.0 Å². The van der Waals surface area contributed by atoms with Crippen molar-refractivity contribution in [1.29, 1.82) is 0 Å². The number of rotatable bonds is 3. The molecule has 0 unspecified atom stereocenters. The van der Waals surface area contributed by atoms with E-state index in [0.29, 0.717) is 5.52 Å². The molecule has 3 nitrogen and oxygen atoms in total. The molecule has 1 aromatic carbocycles. The van der Waals surface area contributed by atoms with Gasteiger partial charge in [0.25, 0.3) is 0 Å². The second-order valence-electron chi connectivity index (χ2n) is 5.21. The standard InChI is InChI=1S/C13H18FN3/c1-13(2,15)7-6-12-16-10-8-9(14)4-5-11(10)17(12)3/h4-5,8H,6-7,15H2,1-3H3. The lowest BCUT2D eigenvalue weighted by Crippen LogP contribution is -2.32. The molecule has 4 heteroatoms. The first-order valence-electron chi connectivity index (χ1n) is 5.76. The van der Waals surface area contributed by atoms with E-state index >= 15 is 0 Å². The van der Waals surface area contributed by atoms with E-state index in [1.165, 1.54) is 12.1 Å². The Labute approximate surface area is 100 Å². The fraction of sp³-hybridized carbons (Fsp3) is 0.462. The van der Waals surface area contributed by atoms with Gasteiger partial charge >= 0.3 is 0 Å². The fourth-order valence-electron chi connectivity index (χ4n) is 1.88. The maximum Gasteiger partial charge on any atom is 0.125 e. The predicted octanol–water partition coefficient (Wildman–Crippen LogP) is 2.38. The Balaban J connectivity index is 2.32. The van der Waals surface area contributed by atoms with E-state index in [2.05, 4.69) is 4.98 Å². The Kier molecular flexibility index (Phi) is 2.91. The van der Waals surface area contributed by atoms with Gasteiger partial charge in [0, 0.05) is 25.1 Å². The van der Waals surface area contributed by atoms with Crippen molar-refractivity contribution in [2.24, 2.45) is 12.8 Å². The molecule has 0 aliphatic rings. The van der Waals surface area contributed by atoms with Gasteiger partial charge in [-0.25, -0.2) is 9.37 Å². The van der Waals surface area contributed by atoms with Crippen LogP contribution >= 0.6 is 0 Å².